The normalized spacial score (nSPS) is 11.7. The maximum atomic E-state index is 5.55. The van der Waals surface area contributed by atoms with Crippen molar-refractivity contribution in [3.8, 4) is 0 Å². The van der Waals surface area contributed by atoms with E-state index in [0.29, 0.717) is 0 Å². The molecule has 0 unspecified atom stereocenters. The molecule has 0 aromatic carbocycles. The van der Waals surface area contributed by atoms with Crippen molar-refractivity contribution >= 4 is 0 Å². The van der Waals surface area contributed by atoms with Gasteiger partial charge in [-0.1, -0.05) is 6.07 Å². The predicted octanol–water partition coefficient (Wildman–Crippen LogP) is 1.34. The molecular formula is C12H21N3. The first-order valence-corrected chi connectivity index (χ1v) is 5.48. The van der Waals surface area contributed by atoms with Gasteiger partial charge in [0.2, 0.25) is 0 Å². The summed E-state index contributed by atoms with van der Waals surface area (Å²) in [5.41, 5.74) is 6.96. The SMILES string of the molecule is CC(C)(CCN)NCCc1cccnc1. The first-order chi connectivity index (χ1) is 7.14. The van der Waals surface area contributed by atoms with E-state index in [4.69, 9.17) is 5.73 Å². The summed E-state index contributed by atoms with van der Waals surface area (Å²) in [6.45, 7) is 6.07. The lowest BCUT2D eigenvalue weighted by Crippen LogP contribution is -2.42. The molecule has 0 bridgehead atoms. The number of aromatic nitrogens is 1. The van der Waals surface area contributed by atoms with Crippen LogP contribution in [-0.4, -0.2) is 23.6 Å². The maximum Gasteiger partial charge on any atom is 0.0300 e. The fraction of sp³-hybridized carbons (Fsp3) is 0.583. The minimum atomic E-state index is 0.136. The monoisotopic (exact) mass is 207 g/mol. The van der Waals surface area contributed by atoms with E-state index in [-0.39, 0.29) is 5.54 Å². The van der Waals surface area contributed by atoms with E-state index in [1.165, 1.54) is 5.56 Å². The third-order valence-electron chi connectivity index (χ3n) is 2.51. The van der Waals surface area contributed by atoms with Crippen LogP contribution in [0.5, 0.6) is 0 Å². The quantitative estimate of drug-likeness (QED) is 0.740. The van der Waals surface area contributed by atoms with Gasteiger partial charge in [-0.15, -0.1) is 0 Å². The highest BCUT2D eigenvalue weighted by molar-refractivity contribution is 5.08. The van der Waals surface area contributed by atoms with E-state index in [1.807, 2.05) is 12.3 Å². The topological polar surface area (TPSA) is 50.9 Å². The van der Waals surface area contributed by atoms with E-state index in [2.05, 4.69) is 30.2 Å². The van der Waals surface area contributed by atoms with Gasteiger partial charge in [-0.25, -0.2) is 0 Å². The summed E-state index contributed by atoms with van der Waals surface area (Å²) in [6.07, 6.45) is 5.73. The summed E-state index contributed by atoms with van der Waals surface area (Å²) in [4.78, 5) is 4.09. The number of nitrogens with one attached hydrogen (secondary N) is 1. The molecule has 0 aliphatic carbocycles. The molecule has 3 nitrogen and oxygen atoms in total. The number of nitrogens with zero attached hydrogens (tertiary/aromatic N) is 1. The van der Waals surface area contributed by atoms with Gasteiger partial charge in [0, 0.05) is 17.9 Å². The Morgan fingerprint density at radius 1 is 1.47 bits per heavy atom. The predicted molar refractivity (Wildman–Crippen MR) is 63.7 cm³/mol. The second kappa shape index (κ2) is 5.83. The lowest BCUT2D eigenvalue weighted by atomic mass is 10.0. The third-order valence-corrected chi connectivity index (χ3v) is 2.51. The van der Waals surface area contributed by atoms with Crippen molar-refractivity contribution in [2.75, 3.05) is 13.1 Å². The molecule has 3 heteroatoms. The molecule has 1 rings (SSSR count). The van der Waals surface area contributed by atoms with Crippen LogP contribution in [0, 0.1) is 0 Å². The van der Waals surface area contributed by atoms with E-state index >= 15 is 0 Å². The lowest BCUT2D eigenvalue weighted by Gasteiger charge is -2.25. The maximum absolute atomic E-state index is 5.55. The molecule has 84 valence electrons. The molecule has 0 radical (unpaired) electrons. The molecule has 1 aromatic heterocycles. The van der Waals surface area contributed by atoms with Crippen molar-refractivity contribution in [3.63, 3.8) is 0 Å². The van der Waals surface area contributed by atoms with Gasteiger partial charge >= 0.3 is 0 Å². The van der Waals surface area contributed by atoms with Crippen molar-refractivity contribution in [1.82, 2.24) is 10.3 Å². The summed E-state index contributed by atoms with van der Waals surface area (Å²) in [5, 5.41) is 3.50. The lowest BCUT2D eigenvalue weighted by molar-refractivity contribution is 0.370. The zero-order chi connectivity index (χ0) is 11.1. The van der Waals surface area contributed by atoms with Crippen LogP contribution >= 0.6 is 0 Å². The molecule has 15 heavy (non-hydrogen) atoms. The zero-order valence-corrected chi connectivity index (χ0v) is 9.66. The largest absolute Gasteiger partial charge is 0.330 e. The van der Waals surface area contributed by atoms with Crippen LogP contribution < -0.4 is 11.1 Å². The zero-order valence-electron chi connectivity index (χ0n) is 9.66. The molecule has 3 N–H and O–H groups in total. The number of hydrogen-bond acceptors (Lipinski definition) is 3. The minimum absolute atomic E-state index is 0.136. The molecule has 0 spiro atoms. The van der Waals surface area contributed by atoms with Crippen molar-refractivity contribution < 1.29 is 0 Å². The van der Waals surface area contributed by atoms with Crippen LogP contribution in [0.25, 0.3) is 0 Å². The first kappa shape index (κ1) is 12.1. The Hall–Kier alpha value is -0.930. The molecule has 1 aromatic rings. The highest BCUT2D eigenvalue weighted by Crippen LogP contribution is 2.06. The standard InChI is InChI=1S/C12H21N3/c1-12(2,6-7-13)15-9-5-11-4-3-8-14-10-11/h3-4,8,10,15H,5-7,9,13H2,1-2H3. The van der Waals surface area contributed by atoms with Gasteiger partial charge in [0.05, 0.1) is 0 Å². The van der Waals surface area contributed by atoms with Crippen LogP contribution in [0.15, 0.2) is 24.5 Å². The average molecular weight is 207 g/mol. The van der Waals surface area contributed by atoms with E-state index in [9.17, 15) is 0 Å². The number of rotatable bonds is 6. The number of nitrogens with two attached hydrogens (primary N) is 1. The molecule has 0 aliphatic heterocycles. The van der Waals surface area contributed by atoms with Gasteiger partial charge < -0.3 is 11.1 Å². The molecule has 0 aliphatic rings. The second-order valence-electron chi connectivity index (χ2n) is 4.46. The smallest absolute Gasteiger partial charge is 0.0300 e. The van der Waals surface area contributed by atoms with Gasteiger partial charge in [-0.2, -0.15) is 0 Å². The summed E-state index contributed by atoms with van der Waals surface area (Å²) in [5.74, 6) is 0. The van der Waals surface area contributed by atoms with E-state index < -0.39 is 0 Å². The van der Waals surface area contributed by atoms with Gasteiger partial charge in [0.15, 0.2) is 0 Å². The summed E-state index contributed by atoms with van der Waals surface area (Å²) in [7, 11) is 0. The Morgan fingerprint density at radius 2 is 2.27 bits per heavy atom. The highest BCUT2D eigenvalue weighted by atomic mass is 14.9. The van der Waals surface area contributed by atoms with Crippen LogP contribution in [0.2, 0.25) is 0 Å². The Balaban J connectivity index is 2.27. The number of pyridine rings is 1. The van der Waals surface area contributed by atoms with Crippen LogP contribution in [0.4, 0.5) is 0 Å². The molecule has 0 atom stereocenters. The fourth-order valence-electron chi connectivity index (χ4n) is 1.54. The van der Waals surface area contributed by atoms with E-state index in [1.54, 1.807) is 6.20 Å². The summed E-state index contributed by atoms with van der Waals surface area (Å²) < 4.78 is 0. The Kier molecular flexibility index (Phi) is 4.72. The van der Waals surface area contributed by atoms with Gasteiger partial charge in [0.25, 0.3) is 0 Å². The Morgan fingerprint density at radius 3 is 2.87 bits per heavy atom. The van der Waals surface area contributed by atoms with Crippen LogP contribution in [0.1, 0.15) is 25.8 Å². The molecule has 0 saturated heterocycles. The van der Waals surface area contributed by atoms with E-state index in [0.717, 1.165) is 25.9 Å². The van der Waals surface area contributed by atoms with Crippen LogP contribution in [-0.2, 0) is 6.42 Å². The van der Waals surface area contributed by atoms with Crippen molar-refractivity contribution in [2.45, 2.75) is 32.2 Å². The van der Waals surface area contributed by atoms with Gasteiger partial charge in [-0.05, 0) is 51.4 Å². The Labute approximate surface area is 92.1 Å². The molecule has 1 heterocycles. The summed E-state index contributed by atoms with van der Waals surface area (Å²) in [6, 6.07) is 4.07. The fourth-order valence-corrected chi connectivity index (χ4v) is 1.54. The minimum Gasteiger partial charge on any atom is -0.330 e. The first-order valence-electron chi connectivity index (χ1n) is 5.48. The second-order valence-corrected chi connectivity index (χ2v) is 4.46. The molecule has 0 saturated carbocycles. The Bertz CT molecular complexity index is 269. The number of hydrogen-bond donors (Lipinski definition) is 2. The van der Waals surface area contributed by atoms with Gasteiger partial charge in [-0.3, -0.25) is 4.98 Å². The molecular weight excluding hydrogens is 186 g/mol. The molecule has 0 amide bonds. The van der Waals surface area contributed by atoms with Crippen LogP contribution in [0.3, 0.4) is 0 Å². The summed E-state index contributed by atoms with van der Waals surface area (Å²) >= 11 is 0. The third kappa shape index (κ3) is 4.91. The van der Waals surface area contributed by atoms with Crippen molar-refractivity contribution in [2.24, 2.45) is 5.73 Å². The van der Waals surface area contributed by atoms with Crippen molar-refractivity contribution in [3.05, 3.63) is 30.1 Å². The van der Waals surface area contributed by atoms with Crippen molar-refractivity contribution in [1.29, 1.82) is 0 Å². The highest BCUT2D eigenvalue weighted by Gasteiger charge is 2.14. The average Bonchev–Trinajstić information content (AvgIpc) is 2.19. The van der Waals surface area contributed by atoms with Gasteiger partial charge in [0.1, 0.15) is 0 Å². The molecule has 0 fully saturated rings.